The number of rotatable bonds is 5. The molecule has 1 aromatic carbocycles. The van der Waals surface area contributed by atoms with E-state index >= 15 is 0 Å². The van der Waals surface area contributed by atoms with E-state index in [1.54, 1.807) is 0 Å². The SMILES string of the molecule is O=C(COC(=O)C1CC2C=CC1C2)Nc1ccc(N2CCCCC2)cc1. The molecule has 0 aromatic heterocycles. The zero-order valence-corrected chi connectivity index (χ0v) is 15.0. The Morgan fingerprint density at radius 3 is 2.46 bits per heavy atom. The molecular weight excluding hydrogens is 328 g/mol. The number of allylic oxidation sites excluding steroid dienone is 2. The van der Waals surface area contributed by atoms with Crippen molar-refractivity contribution in [3.63, 3.8) is 0 Å². The normalized spacial score (nSPS) is 26.8. The van der Waals surface area contributed by atoms with Gasteiger partial charge in [0.1, 0.15) is 0 Å². The number of amides is 1. The van der Waals surface area contributed by atoms with Gasteiger partial charge in [-0.1, -0.05) is 12.2 Å². The zero-order chi connectivity index (χ0) is 17.9. The van der Waals surface area contributed by atoms with Gasteiger partial charge in [-0.3, -0.25) is 9.59 Å². The third-order valence-corrected chi connectivity index (χ3v) is 5.80. The second kappa shape index (κ2) is 7.52. The summed E-state index contributed by atoms with van der Waals surface area (Å²) < 4.78 is 5.24. The lowest BCUT2D eigenvalue weighted by Crippen LogP contribution is -2.29. The second-order valence-corrected chi connectivity index (χ2v) is 7.64. The highest BCUT2D eigenvalue weighted by Crippen LogP contribution is 2.43. The van der Waals surface area contributed by atoms with Crippen molar-refractivity contribution >= 4 is 23.3 Å². The number of nitrogens with one attached hydrogen (secondary N) is 1. The Balaban J connectivity index is 1.24. The first-order valence-electron chi connectivity index (χ1n) is 9.69. The fourth-order valence-electron chi connectivity index (χ4n) is 4.40. The molecule has 2 fully saturated rings. The smallest absolute Gasteiger partial charge is 0.310 e. The molecular formula is C21H26N2O3. The van der Waals surface area contributed by atoms with Gasteiger partial charge < -0.3 is 15.0 Å². The maximum Gasteiger partial charge on any atom is 0.310 e. The van der Waals surface area contributed by atoms with Crippen LogP contribution in [-0.4, -0.2) is 31.6 Å². The number of hydrogen-bond donors (Lipinski definition) is 1. The van der Waals surface area contributed by atoms with Crippen molar-refractivity contribution in [3.05, 3.63) is 36.4 Å². The molecule has 1 aliphatic heterocycles. The Hall–Kier alpha value is -2.30. The minimum Gasteiger partial charge on any atom is -0.455 e. The molecule has 1 N–H and O–H groups in total. The fourth-order valence-corrected chi connectivity index (χ4v) is 4.40. The molecule has 1 saturated heterocycles. The minimum atomic E-state index is -0.289. The Morgan fingerprint density at radius 1 is 1.04 bits per heavy atom. The van der Waals surface area contributed by atoms with Crippen LogP contribution in [0.4, 0.5) is 11.4 Å². The highest BCUT2D eigenvalue weighted by molar-refractivity contribution is 5.93. The van der Waals surface area contributed by atoms with Gasteiger partial charge in [0, 0.05) is 24.5 Å². The molecule has 4 rings (SSSR count). The van der Waals surface area contributed by atoms with Crippen LogP contribution in [0.15, 0.2) is 36.4 Å². The summed E-state index contributed by atoms with van der Waals surface area (Å²) in [5, 5.41) is 2.80. The van der Waals surface area contributed by atoms with E-state index in [0.717, 1.165) is 31.6 Å². The summed E-state index contributed by atoms with van der Waals surface area (Å²) in [5.41, 5.74) is 1.92. The lowest BCUT2D eigenvalue weighted by Gasteiger charge is -2.28. The Kier molecular flexibility index (Phi) is 4.96. The van der Waals surface area contributed by atoms with Crippen molar-refractivity contribution < 1.29 is 14.3 Å². The molecule has 0 spiro atoms. The number of fused-ring (bicyclic) bond motifs is 2. The van der Waals surface area contributed by atoms with Crippen LogP contribution in [0, 0.1) is 17.8 Å². The lowest BCUT2D eigenvalue weighted by atomic mass is 9.94. The van der Waals surface area contributed by atoms with Gasteiger partial charge in [0.25, 0.3) is 5.91 Å². The van der Waals surface area contributed by atoms with Crippen LogP contribution in [-0.2, 0) is 14.3 Å². The first-order chi connectivity index (χ1) is 12.7. The Morgan fingerprint density at radius 2 is 1.81 bits per heavy atom. The molecule has 3 aliphatic rings. The quantitative estimate of drug-likeness (QED) is 0.651. The van der Waals surface area contributed by atoms with Crippen molar-refractivity contribution in [1.82, 2.24) is 0 Å². The van der Waals surface area contributed by atoms with Crippen molar-refractivity contribution in [2.24, 2.45) is 17.8 Å². The van der Waals surface area contributed by atoms with Gasteiger partial charge in [-0.15, -0.1) is 0 Å². The third-order valence-electron chi connectivity index (χ3n) is 5.80. The molecule has 5 nitrogen and oxygen atoms in total. The summed E-state index contributed by atoms with van der Waals surface area (Å²) in [5.74, 6) is 0.226. The van der Waals surface area contributed by atoms with E-state index in [0.29, 0.717) is 11.8 Å². The molecule has 1 saturated carbocycles. The Labute approximate surface area is 154 Å². The van der Waals surface area contributed by atoms with E-state index in [9.17, 15) is 9.59 Å². The molecule has 138 valence electrons. The topological polar surface area (TPSA) is 58.6 Å². The number of carbonyl (C=O) groups is 2. The predicted octanol–water partition coefficient (Wildman–Crippen LogP) is 3.37. The third kappa shape index (κ3) is 3.76. The van der Waals surface area contributed by atoms with Gasteiger partial charge in [0.05, 0.1) is 5.92 Å². The number of piperidine rings is 1. The molecule has 2 aliphatic carbocycles. The van der Waals surface area contributed by atoms with Crippen LogP contribution >= 0.6 is 0 Å². The summed E-state index contributed by atoms with van der Waals surface area (Å²) >= 11 is 0. The van der Waals surface area contributed by atoms with Crippen LogP contribution in [0.5, 0.6) is 0 Å². The largest absolute Gasteiger partial charge is 0.455 e. The van der Waals surface area contributed by atoms with E-state index in [-0.39, 0.29) is 24.4 Å². The summed E-state index contributed by atoms with van der Waals surface area (Å²) in [7, 11) is 0. The van der Waals surface area contributed by atoms with E-state index < -0.39 is 0 Å². The number of hydrogen-bond acceptors (Lipinski definition) is 4. The van der Waals surface area contributed by atoms with Crippen LogP contribution in [0.25, 0.3) is 0 Å². The van der Waals surface area contributed by atoms with Crippen molar-refractivity contribution in [1.29, 1.82) is 0 Å². The second-order valence-electron chi connectivity index (χ2n) is 7.64. The fraction of sp³-hybridized carbons (Fsp3) is 0.524. The average Bonchev–Trinajstić information content (AvgIpc) is 3.31. The van der Waals surface area contributed by atoms with Gasteiger partial charge in [-0.2, -0.15) is 0 Å². The summed E-state index contributed by atoms with van der Waals surface area (Å²) in [6, 6.07) is 7.89. The van der Waals surface area contributed by atoms with Gasteiger partial charge >= 0.3 is 5.97 Å². The maximum atomic E-state index is 12.2. The monoisotopic (exact) mass is 354 g/mol. The maximum absolute atomic E-state index is 12.2. The minimum absolute atomic E-state index is 0.0679. The van der Waals surface area contributed by atoms with Crippen LogP contribution in [0.2, 0.25) is 0 Å². The van der Waals surface area contributed by atoms with Crippen LogP contribution in [0.1, 0.15) is 32.1 Å². The van der Waals surface area contributed by atoms with E-state index in [4.69, 9.17) is 4.74 Å². The highest BCUT2D eigenvalue weighted by Gasteiger charge is 2.40. The first-order valence-corrected chi connectivity index (χ1v) is 9.69. The molecule has 2 bridgehead atoms. The number of esters is 1. The number of carbonyl (C=O) groups excluding carboxylic acids is 2. The number of ether oxygens (including phenoxy) is 1. The summed E-state index contributed by atoms with van der Waals surface area (Å²) in [6.07, 6.45) is 10.0. The lowest BCUT2D eigenvalue weighted by molar-refractivity contribution is -0.152. The van der Waals surface area contributed by atoms with Gasteiger partial charge in [0.2, 0.25) is 0 Å². The van der Waals surface area contributed by atoms with E-state index in [1.807, 2.05) is 24.3 Å². The highest BCUT2D eigenvalue weighted by atomic mass is 16.5. The summed E-state index contributed by atoms with van der Waals surface area (Å²) in [6.45, 7) is 1.98. The van der Waals surface area contributed by atoms with Crippen LogP contribution in [0.3, 0.4) is 0 Å². The van der Waals surface area contributed by atoms with E-state index in [2.05, 4.69) is 22.4 Å². The van der Waals surface area contributed by atoms with Gasteiger partial charge in [0.15, 0.2) is 6.61 Å². The van der Waals surface area contributed by atoms with E-state index in [1.165, 1.54) is 24.9 Å². The van der Waals surface area contributed by atoms with Gasteiger partial charge in [-0.05, 0) is 68.2 Å². The molecule has 26 heavy (non-hydrogen) atoms. The Bertz CT molecular complexity index is 692. The van der Waals surface area contributed by atoms with Crippen molar-refractivity contribution in [2.45, 2.75) is 32.1 Å². The molecule has 1 aromatic rings. The molecule has 3 atom stereocenters. The number of benzene rings is 1. The standard InChI is InChI=1S/C21H26N2O3/c24-20(14-26-21(25)19-13-15-4-5-16(19)12-15)22-17-6-8-18(9-7-17)23-10-2-1-3-11-23/h4-9,15-16,19H,1-3,10-14H2,(H,22,24). The molecule has 5 heteroatoms. The predicted molar refractivity (Wildman–Crippen MR) is 101 cm³/mol. The van der Waals surface area contributed by atoms with Crippen molar-refractivity contribution in [3.8, 4) is 0 Å². The first kappa shape index (κ1) is 17.1. The van der Waals surface area contributed by atoms with Crippen molar-refractivity contribution in [2.75, 3.05) is 29.9 Å². The van der Waals surface area contributed by atoms with Gasteiger partial charge in [-0.25, -0.2) is 0 Å². The summed E-state index contributed by atoms with van der Waals surface area (Å²) in [4.78, 5) is 26.6. The zero-order valence-electron chi connectivity index (χ0n) is 15.0. The average molecular weight is 354 g/mol. The number of anilines is 2. The molecule has 1 amide bonds. The van der Waals surface area contributed by atoms with Crippen LogP contribution < -0.4 is 10.2 Å². The molecule has 0 radical (unpaired) electrons. The number of nitrogens with zero attached hydrogens (tertiary/aromatic N) is 1. The molecule has 1 heterocycles. The molecule has 3 unspecified atom stereocenters.